The number of rotatable bonds is 5. The zero-order chi connectivity index (χ0) is 17.0. The SMILES string of the molecule is CN(Cc1ccc(Cl)cc1)C(=O)CS(=O)(=O)c1ccc(Cl)cc1. The third-order valence-electron chi connectivity index (χ3n) is 3.25. The zero-order valence-electron chi connectivity index (χ0n) is 12.4. The first-order valence-electron chi connectivity index (χ1n) is 6.75. The summed E-state index contributed by atoms with van der Waals surface area (Å²) in [5, 5.41) is 1.04. The van der Waals surface area contributed by atoms with E-state index >= 15 is 0 Å². The first-order chi connectivity index (χ1) is 10.8. The number of amides is 1. The topological polar surface area (TPSA) is 54.5 Å². The molecule has 7 heteroatoms. The molecular weight excluding hydrogens is 357 g/mol. The Morgan fingerprint density at radius 2 is 1.43 bits per heavy atom. The van der Waals surface area contributed by atoms with Crippen molar-refractivity contribution in [2.24, 2.45) is 0 Å². The molecule has 0 fully saturated rings. The van der Waals surface area contributed by atoms with E-state index in [4.69, 9.17) is 23.2 Å². The Morgan fingerprint density at radius 3 is 1.96 bits per heavy atom. The lowest BCUT2D eigenvalue weighted by Gasteiger charge is -2.17. The molecule has 0 spiro atoms. The summed E-state index contributed by atoms with van der Waals surface area (Å²) >= 11 is 11.5. The third kappa shape index (κ3) is 4.96. The molecule has 1 amide bonds. The Balaban J connectivity index is 2.05. The second-order valence-electron chi connectivity index (χ2n) is 5.09. The second-order valence-corrected chi connectivity index (χ2v) is 7.95. The van der Waals surface area contributed by atoms with Crippen molar-refractivity contribution >= 4 is 38.9 Å². The minimum atomic E-state index is -3.69. The molecule has 0 unspecified atom stereocenters. The molecule has 0 aliphatic carbocycles. The molecule has 2 aromatic carbocycles. The van der Waals surface area contributed by atoms with Gasteiger partial charge in [0.1, 0.15) is 5.75 Å². The van der Waals surface area contributed by atoms with Crippen LogP contribution in [0.3, 0.4) is 0 Å². The van der Waals surface area contributed by atoms with Crippen molar-refractivity contribution in [3.05, 3.63) is 64.1 Å². The number of hydrogen-bond donors (Lipinski definition) is 0. The lowest BCUT2D eigenvalue weighted by molar-refractivity contribution is -0.127. The highest BCUT2D eigenvalue weighted by molar-refractivity contribution is 7.92. The lowest BCUT2D eigenvalue weighted by Crippen LogP contribution is -2.32. The Labute approximate surface area is 145 Å². The maximum Gasteiger partial charge on any atom is 0.238 e. The van der Waals surface area contributed by atoms with Gasteiger partial charge in [0.25, 0.3) is 0 Å². The number of benzene rings is 2. The summed E-state index contributed by atoms with van der Waals surface area (Å²) in [7, 11) is -2.13. The highest BCUT2D eigenvalue weighted by atomic mass is 35.5. The van der Waals surface area contributed by atoms with Crippen LogP contribution in [0.1, 0.15) is 5.56 Å². The van der Waals surface area contributed by atoms with Gasteiger partial charge in [-0.3, -0.25) is 4.79 Å². The van der Waals surface area contributed by atoms with Gasteiger partial charge in [0.2, 0.25) is 5.91 Å². The Morgan fingerprint density at radius 1 is 0.957 bits per heavy atom. The summed E-state index contributed by atoms with van der Waals surface area (Å²) in [6.45, 7) is 0.312. The molecule has 0 atom stereocenters. The van der Waals surface area contributed by atoms with E-state index in [-0.39, 0.29) is 4.90 Å². The van der Waals surface area contributed by atoms with Crippen molar-refractivity contribution in [3.8, 4) is 0 Å². The fourth-order valence-corrected chi connectivity index (χ4v) is 3.46. The summed E-state index contributed by atoms with van der Waals surface area (Å²) < 4.78 is 24.5. The van der Waals surface area contributed by atoms with Crippen LogP contribution in [0.4, 0.5) is 0 Å². The van der Waals surface area contributed by atoms with E-state index < -0.39 is 21.5 Å². The van der Waals surface area contributed by atoms with Gasteiger partial charge >= 0.3 is 0 Å². The van der Waals surface area contributed by atoms with E-state index in [0.29, 0.717) is 16.6 Å². The van der Waals surface area contributed by atoms with E-state index in [1.165, 1.54) is 29.2 Å². The van der Waals surface area contributed by atoms with Crippen molar-refractivity contribution in [1.82, 2.24) is 4.90 Å². The van der Waals surface area contributed by atoms with E-state index in [9.17, 15) is 13.2 Å². The molecule has 0 aliphatic heterocycles. The van der Waals surface area contributed by atoms with E-state index in [0.717, 1.165) is 5.56 Å². The number of carbonyl (C=O) groups excluding carboxylic acids is 1. The van der Waals surface area contributed by atoms with Crippen molar-refractivity contribution in [2.45, 2.75) is 11.4 Å². The summed E-state index contributed by atoms with van der Waals surface area (Å²) in [4.78, 5) is 13.6. The van der Waals surface area contributed by atoms with Gasteiger partial charge in [-0.1, -0.05) is 35.3 Å². The average Bonchev–Trinajstić information content (AvgIpc) is 2.49. The number of carbonyl (C=O) groups is 1. The second kappa shape index (κ2) is 7.34. The molecule has 23 heavy (non-hydrogen) atoms. The fraction of sp³-hybridized carbons (Fsp3) is 0.188. The van der Waals surface area contributed by atoms with Gasteiger partial charge in [-0.05, 0) is 42.0 Å². The van der Waals surface area contributed by atoms with Crippen LogP contribution in [0.2, 0.25) is 10.0 Å². The standard InChI is InChI=1S/C16H15Cl2NO3S/c1-19(10-12-2-4-13(17)5-3-12)16(20)11-23(21,22)15-8-6-14(18)7-9-15/h2-9H,10-11H2,1H3. The van der Waals surface area contributed by atoms with Gasteiger partial charge in [0.15, 0.2) is 9.84 Å². The van der Waals surface area contributed by atoms with Crippen LogP contribution in [0.15, 0.2) is 53.4 Å². The van der Waals surface area contributed by atoms with Crippen molar-refractivity contribution in [1.29, 1.82) is 0 Å². The quantitative estimate of drug-likeness (QED) is 0.808. The minimum Gasteiger partial charge on any atom is -0.341 e. The van der Waals surface area contributed by atoms with Crippen LogP contribution < -0.4 is 0 Å². The molecule has 2 rings (SSSR count). The number of sulfone groups is 1. The van der Waals surface area contributed by atoms with Gasteiger partial charge in [-0.25, -0.2) is 8.42 Å². The van der Waals surface area contributed by atoms with Crippen LogP contribution in [0, 0.1) is 0 Å². The maximum atomic E-state index is 12.2. The largest absolute Gasteiger partial charge is 0.341 e. The third-order valence-corrected chi connectivity index (χ3v) is 5.37. The number of hydrogen-bond acceptors (Lipinski definition) is 3. The minimum absolute atomic E-state index is 0.0788. The van der Waals surface area contributed by atoms with E-state index in [1.807, 2.05) is 0 Å². The zero-order valence-corrected chi connectivity index (χ0v) is 14.7. The normalized spacial score (nSPS) is 11.3. The molecule has 0 heterocycles. The average molecular weight is 372 g/mol. The molecule has 122 valence electrons. The Bertz CT molecular complexity index is 787. The maximum absolute atomic E-state index is 12.2. The highest BCUT2D eigenvalue weighted by Crippen LogP contribution is 2.16. The van der Waals surface area contributed by atoms with Gasteiger partial charge in [0.05, 0.1) is 4.90 Å². The molecule has 0 bridgehead atoms. The van der Waals surface area contributed by atoms with Gasteiger partial charge in [-0.2, -0.15) is 0 Å². The molecular formula is C16H15Cl2NO3S. The van der Waals surface area contributed by atoms with Gasteiger partial charge in [-0.15, -0.1) is 0 Å². The van der Waals surface area contributed by atoms with E-state index in [2.05, 4.69) is 0 Å². The predicted octanol–water partition coefficient (Wildman–Crippen LogP) is 3.43. The first kappa shape index (κ1) is 17.8. The van der Waals surface area contributed by atoms with Crippen molar-refractivity contribution in [3.63, 3.8) is 0 Å². The van der Waals surface area contributed by atoms with Crippen molar-refractivity contribution in [2.75, 3.05) is 12.8 Å². The molecule has 2 aromatic rings. The Kier molecular flexibility index (Phi) is 5.68. The van der Waals surface area contributed by atoms with Crippen molar-refractivity contribution < 1.29 is 13.2 Å². The van der Waals surface area contributed by atoms with Crippen LogP contribution in [0.25, 0.3) is 0 Å². The molecule has 0 saturated carbocycles. The van der Waals surface area contributed by atoms with Crippen LogP contribution in [-0.4, -0.2) is 32.0 Å². The number of halogens is 2. The smallest absolute Gasteiger partial charge is 0.238 e. The summed E-state index contributed by atoms with van der Waals surface area (Å²) in [6.07, 6.45) is 0. The summed E-state index contributed by atoms with van der Waals surface area (Å²) in [6, 6.07) is 12.8. The fourth-order valence-electron chi connectivity index (χ4n) is 1.95. The van der Waals surface area contributed by atoms with Crippen LogP contribution in [-0.2, 0) is 21.2 Å². The van der Waals surface area contributed by atoms with E-state index in [1.54, 1.807) is 31.3 Å². The summed E-state index contributed by atoms with van der Waals surface area (Å²) in [5.41, 5.74) is 0.870. The molecule has 0 N–H and O–H groups in total. The van der Waals surface area contributed by atoms with Crippen LogP contribution in [0.5, 0.6) is 0 Å². The predicted molar refractivity (Wildman–Crippen MR) is 91.4 cm³/mol. The Hall–Kier alpha value is -1.56. The number of nitrogens with zero attached hydrogens (tertiary/aromatic N) is 1. The first-order valence-corrected chi connectivity index (χ1v) is 9.15. The molecule has 0 saturated heterocycles. The molecule has 4 nitrogen and oxygen atoms in total. The molecule has 0 radical (unpaired) electrons. The van der Waals surface area contributed by atoms with Gasteiger partial charge in [0, 0.05) is 23.6 Å². The van der Waals surface area contributed by atoms with Gasteiger partial charge < -0.3 is 4.90 Å². The molecule has 0 aliphatic rings. The summed E-state index contributed by atoms with van der Waals surface area (Å²) in [5.74, 6) is -1.06. The monoisotopic (exact) mass is 371 g/mol. The van der Waals surface area contributed by atoms with Crippen LogP contribution >= 0.6 is 23.2 Å². The lowest BCUT2D eigenvalue weighted by atomic mass is 10.2. The molecule has 0 aromatic heterocycles. The highest BCUT2D eigenvalue weighted by Gasteiger charge is 2.21.